The van der Waals surface area contributed by atoms with E-state index in [1.807, 2.05) is 25.1 Å². The van der Waals surface area contributed by atoms with Gasteiger partial charge in [-0.3, -0.25) is 9.59 Å². The molecule has 0 bridgehead atoms. The molecule has 0 saturated carbocycles. The molecule has 7 heteroatoms. The van der Waals surface area contributed by atoms with Gasteiger partial charge in [0.15, 0.2) is 0 Å². The van der Waals surface area contributed by atoms with Crippen LogP contribution in [0.5, 0.6) is 0 Å². The topological polar surface area (TPSA) is 90.0 Å². The summed E-state index contributed by atoms with van der Waals surface area (Å²) in [5.74, 6) is -0.161. The van der Waals surface area contributed by atoms with Crippen LogP contribution in [0.2, 0.25) is 0 Å². The average Bonchev–Trinajstić information content (AvgIpc) is 3.15. The van der Waals surface area contributed by atoms with Crippen LogP contribution in [0, 0.1) is 6.92 Å². The summed E-state index contributed by atoms with van der Waals surface area (Å²) in [5, 5.41) is 7.23. The molecule has 0 fully saturated rings. The van der Waals surface area contributed by atoms with Gasteiger partial charge in [0.05, 0.1) is 12.2 Å². The van der Waals surface area contributed by atoms with Gasteiger partial charge in [0.2, 0.25) is 0 Å². The standard InChI is InChI=1S/C21H18N4O3/c1-13-18(12-28-24-13)17-9-15-6-7-25(21(27)19(15)23-10-17)11-14-4-3-5-16(8-14)20(26)22-2/h3-10,12H,11H2,1-2H3,(H,22,26). The molecule has 0 aliphatic rings. The van der Waals surface area contributed by atoms with E-state index in [0.29, 0.717) is 17.6 Å². The number of pyridine rings is 2. The van der Waals surface area contributed by atoms with Crippen LogP contribution in [0.4, 0.5) is 0 Å². The van der Waals surface area contributed by atoms with Crippen molar-refractivity contribution in [1.29, 1.82) is 0 Å². The smallest absolute Gasteiger partial charge is 0.277 e. The van der Waals surface area contributed by atoms with Gasteiger partial charge in [0.1, 0.15) is 11.8 Å². The van der Waals surface area contributed by atoms with E-state index < -0.39 is 0 Å². The summed E-state index contributed by atoms with van der Waals surface area (Å²) in [6, 6.07) is 11.0. The first-order valence-corrected chi connectivity index (χ1v) is 8.78. The van der Waals surface area contributed by atoms with Crippen molar-refractivity contribution in [2.45, 2.75) is 13.5 Å². The normalized spacial score (nSPS) is 10.9. The molecule has 7 nitrogen and oxygen atoms in total. The number of nitrogens with one attached hydrogen (secondary N) is 1. The molecule has 140 valence electrons. The van der Waals surface area contributed by atoms with Gasteiger partial charge < -0.3 is 14.4 Å². The lowest BCUT2D eigenvalue weighted by Crippen LogP contribution is -2.21. The molecular formula is C21H18N4O3. The van der Waals surface area contributed by atoms with Crippen molar-refractivity contribution in [2.24, 2.45) is 0 Å². The third-order valence-corrected chi connectivity index (χ3v) is 4.64. The minimum absolute atomic E-state index is 0.161. The number of aryl methyl sites for hydroxylation is 1. The predicted molar refractivity (Wildman–Crippen MR) is 105 cm³/mol. The van der Waals surface area contributed by atoms with E-state index in [2.05, 4.69) is 15.5 Å². The number of nitrogens with zero attached hydrogens (tertiary/aromatic N) is 3. The fourth-order valence-electron chi connectivity index (χ4n) is 3.15. The first-order valence-electron chi connectivity index (χ1n) is 8.78. The minimum Gasteiger partial charge on any atom is -0.364 e. The monoisotopic (exact) mass is 374 g/mol. The maximum absolute atomic E-state index is 12.9. The number of fused-ring (bicyclic) bond motifs is 1. The third kappa shape index (κ3) is 3.18. The van der Waals surface area contributed by atoms with Gasteiger partial charge in [-0.2, -0.15) is 0 Å². The molecule has 0 saturated heterocycles. The molecule has 0 spiro atoms. The molecule has 1 N–H and O–H groups in total. The highest BCUT2D eigenvalue weighted by Crippen LogP contribution is 2.24. The summed E-state index contributed by atoms with van der Waals surface area (Å²) in [4.78, 5) is 29.0. The Kier molecular flexibility index (Phi) is 4.49. The molecule has 4 aromatic rings. The van der Waals surface area contributed by atoms with E-state index in [9.17, 15) is 9.59 Å². The molecule has 3 aromatic heterocycles. The quantitative estimate of drug-likeness (QED) is 0.593. The number of carbonyl (C=O) groups is 1. The first kappa shape index (κ1) is 17.7. The highest BCUT2D eigenvalue weighted by atomic mass is 16.5. The zero-order chi connectivity index (χ0) is 19.7. The van der Waals surface area contributed by atoms with Gasteiger partial charge in [0, 0.05) is 41.5 Å². The Morgan fingerprint density at radius 1 is 1.25 bits per heavy atom. The molecule has 28 heavy (non-hydrogen) atoms. The van der Waals surface area contributed by atoms with Crippen LogP contribution in [0.15, 0.2) is 64.4 Å². The average molecular weight is 374 g/mol. The molecule has 1 amide bonds. The third-order valence-electron chi connectivity index (χ3n) is 4.64. The zero-order valence-electron chi connectivity index (χ0n) is 15.5. The number of benzene rings is 1. The zero-order valence-corrected chi connectivity index (χ0v) is 15.5. The maximum atomic E-state index is 12.9. The number of carbonyl (C=O) groups excluding carboxylic acids is 1. The van der Waals surface area contributed by atoms with Crippen LogP contribution in [0.1, 0.15) is 21.6 Å². The summed E-state index contributed by atoms with van der Waals surface area (Å²) in [6.45, 7) is 2.21. The molecule has 3 heterocycles. The van der Waals surface area contributed by atoms with Crippen molar-refractivity contribution < 1.29 is 9.32 Å². The Morgan fingerprint density at radius 3 is 2.86 bits per heavy atom. The number of hydrogen-bond donors (Lipinski definition) is 1. The summed E-state index contributed by atoms with van der Waals surface area (Å²) in [6.07, 6.45) is 4.96. The molecule has 1 aromatic carbocycles. The van der Waals surface area contributed by atoms with Crippen molar-refractivity contribution in [1.82, 2.24) is 20.0 Å². The van der Waals surface area contributed by atoms with Crippen molar-refractivity contribution in [2.75, 3.05) is 7.05 Å². The van der Waals surface area contributed by atoms with E-state index in [4.69, 9.17) is 4.52 Å². The largest absolute Gasteiger partial charge is 0.364 e. The Balaban J connectivity index is 1.70. The van der Waals surface area contributed by atoms with Gasteiger partial charge in [-0.25, -0.2) is 4.98 Å². The van der Waals surface area contributed by atoms with Crippen molar-refractivity contribution in [3.8, 4) is 11.1 Å². The van der Waals surface area contributed by atoms with Gasteiger partial charge >= 0.3 is 0 Å². The fraction of sp³-hybridized carbons (Fsp3) is 0.143. The number of aromatic nitrogens is 3. The lowest BCUT2D eigenvalue weighted by atomic mass is 10.1. The first-order chi connectivity index (χ1) is 13.6. The van der Waals surface area contributed by atoms with Crippen LogP contribution in [-0.2, 0) is 6.54 Å². The van der Waals surface area contributed by atoms with Crippen molar-refractivity contribution in [3.05, 3.63) is 82.2 Å². The van der Waals surface area contributed by atoms with Crippen LogP contribution in [0.25, 0.3) is 22.0 Å². The molecule has 0 aliphatic carbocycles. The van der Waals surface area contributed by atoms with Crippen LogP contribution in [-0.4, -0.2) is 27.7 Å². The van der Waals surface area contributed by atoms with Gasteiger partial charge in [-0.15, -0.1) is 0 Å². The lowest BCUT2D eigenvalue weighted by molar-refractivity contribution is 0.0963. The second-order valence-electron chi connectivity index (χ2n) is 6.50. The van der Waals surface area contributed by atoms with Crippen molar-refractivity contribution in [3.63, 3.8) is 0 Å². The minimum atomic E-state index is -0.184. The van der Waals surface area contributed by atoms with E-state index in [0.717, 1.165) is 27.8 Å². The van der Waals surface area contributed by atoms with E-state index in [1.54, 1.807) is 48.5 Å². The van der Waals surface area contributed by atoms with E-state index in [1.165, 1.54) is 0 Å². The molecule has 0 unspecified atom stereocenters. The van der Waals surface area contributed by atoms with Gasteiger partial charge in [-0.05, 0) is 36.8 Å². The second kappa shape index (κ2) is 7.11. The Morgan fingerprint density at radius 2 is 2.11 bits per heavy atom. The summed E-state index contributed by atoms with van der Waals surface area (Å²) in [5.41, 5.74) is 4.09. The summed E-state index contributed by atoms with van der Waals surface area (Å²) < 4.78 is 6.57. The molecule has 0 aliphatic heterocycles. The molecular weight excluding hydrogens is 356 g/mol. The Hall–Kier alpha value is -3.74. The van der Waals surface area contributed by atoms with Gasteiger partial charge in [-0.1, -0.05) is 17.3 Å². The summed E-state index contributed by atoms with van der Waals surface area (Å²) >= 11 is 0. The lowest BCUT2D eigenvalue weighted by Gasteiger charge is -2.09. The van der Waals surface area contributed by atoms with Crippen molar-refractivity contribution >= 4 is 16.8 Å². The number of hydrogen-bond acceptors (Lipinski definition) is 5. The van der Waals surface area contributed by atoms with E-state index >= 15 is 0 Å². The fourth-order valence-corrected chi connectivity index (χ4v) is 3.15. The highest BCUT2D eigenvalue weighted by Gasteiger charge is 2.11. The van der Waals surface area contributed by atoms with Crippen LogP contribution in [0.3, 0.4) is 0 Å². The summed E-state index contributed by atoms with van der Waals surface area (Å²) in [7, 11) is 1.59. The number of amides is 1. The molecule has 0 radical (unpaired) electrons. The molecule has 4 rings (SSSR count). The Labute approximate surface area is 160 Å². The van der Waals surface area contributed by atoms with Crippen LogP contribution < -0.4 is 10.9 Å². The predicted octanol–water partition coefficient (Wildman–Crippen LogP) is 2.77. The van der Waals surface area contributed by atoms with E-state index in [-0.39, 0.29) is 11.5 Å². The maximum Gasteiger partial charge on any atom is 0.277 e. The SMILES string of the molecule is CNC(=O)c1cccc(Cn2ccc3cc(-c4conc4C)cnc3c2=O)c1. The Bertz CT molecular complexity index is 1240. The van der Waals surface area contributed by atoms with Crippen LogP contribution >= 0.6 is 0 Å². The highest BCUT2D eigenvalue weighted by molar-refractivity contribution is 5.94. The van der Waals surface area contributed by atoms with Gasteiger partial charge in [0.25, 0.3) is 11.5 Å². The number of rotatable bonds is 4. The second-order valence-corrected chi connectivity index (χ2v) is 6.50. The molecule has 0 atom stereocenters.